The monoisotopic (exact) mass is 257 g/mol. The molecule has 2 N–H and O–H groups in total. The van der Waals surface area contributed by atoms with Gasteiger partial charge in [-0.05, 0) is 24.1 Å². The number of ether oxygens (including phenoxy) is 2. The van der Waals surface area contributed by atoms with Crippen LogP contribution in [0.15, 0.2) is 24.3 Å². The fourth-order valence-corrected chi connectivity index (χ4v) is 1.33. The highest BCUT2D eigenvalue weighted by molar-refractivity contribution is 6.30. The zero-order valence-electron chi connectivity index (χ0n) is 9.69. The number of carbonyl (C=O) groups excluding carboxylic acids is 1. The first-order valence-corrected chi connectivity index (χ1v) is 5.67. The van der Waals surface area contributed by atoms with Gasteiger partial charge in [-0.3, -0.25) is 4.79 Å². The molecule has 5 heteroatoms. The van der Waals surface area contributed by atoms with E-state index in [1.807, 2.05) is 0 Å². The molecule has 4 nitrogen and oxygen atoms in total. The van der Waals surface area contributed by atoms with Gasteiger partial charge >= 0.3 is 5.97 Å². The van der Waals surface area contributed by atoms with E-state index in [1.54, 1.807) is 31.4 Å². The van der Waals surface area contributed by atoms with E-state index in [0.717, 1.165) is 5.56 Å². The molecule has 0 aromatic heterocycles. The third kappa shape index (κ3) is 5.17. The van der Waals surface area contributed by atoms with Gasteiger partial charge in [-0.15, -0.1) is 0 Å². The quantitative estimate of drug-likeness (QED) is 0.789. The molecule has 0 saturated heterocycles. The second kappa shape index (κ2) is 7.27. The summed E-state index contributed by atoms with van der Waals surface area (Å²) in [7, 11) is 1.56. The van der Waals surface area contributed by atoms with Crippen molar-refractivity contribution in [1.29, 1.82) is 0 Å². The van der Waals surface area contributed by atoms with Crippen molar-refractivity contribution in [2.75, 3.05) is 13.7 Å². The van der Waals surface area contributed by atoms with E-state index in [2.05, 4.69) is 0 Å². The summed E-state index contributed by atoms with van der Waals surface area (Å²) in [5.41, 5.74) is 6.49. The lowest BCUT2D eigenvalue weighted by atomic mass is 10.2. The fraction of sp³-hybridized carbons (Fsp3) is 0.417. The van der Waals surface area contributed by atoms with Crippen LogP contribution in [0.25, 0.3) is 0 Å². The number of benzene rings is 1. The second-order valence-corrected chi connectivity index (χ2v) is 4.06. The lowest BCUT2D eigenvalue weighted by Crippen LogP contribution is -2.33. The number of rotatable bonds is 6. The molecule has 0 spiro atoms. The van der Waals surface area contributed by atoms with E-state index < -0.39 is 12.0 Å². The Hall–Kier alpha value is -1.10. The van der Waals surface area contributed by atoms with E-state index in [1.165, 1.54) is 0 Å². The number of carbonyl (C=O) groups is 1. The maximum atomic E-state index is 11.5. The number of hydrogen-bond acceptors (Lipinski definition) is 4. The van der Waals surface area contributed by atoms with Gasteiger partial charge in [0.15, 0.2) is 0 Å². The summed E-state index contributed by atoms with van der Waals surface area (Å²) in [6.07, 6.45) is 0.454. The maximum Gasteiger partial charge on any atom is 0.323 e. The number of nitrogens with two attached hydrogens (primary N) is 1. The normalized spacial score (nSPS) is 12.2. The summed E-state index contributed by atoms with van der Waals surface area (Å²) in [6, 6.07) is 6.46. The lowest BCUT2D eigenvalue weighted by Gasteiger charge is -2.10. The second-order valence-electron chi connectivity index (χ2n) is 3.62. The number of halogens is 1. The van der Waals surface area contributed by atoms with Crippen LogP contribution in [0.5, 0.6) is 0 Å². The molecule has 1 atom stereocenters. The van der Waals surface area contributed by atoms with Gasteiger partial charge < -0.3 is 15.2 Å². The van der Waals surface area contributed by atoms with Crippen LogP contribution in [0, 0.1) is 0 Å². The minimum atomic E-state index is -0.637. The molecule has 17 heavy (non-hydrogen) atoms. The summed E-state index contributed by atoms with van der Waals surface area (Å²) < 4.78 is 9.90. The highest BCUT2D eigenvalue weighted by Crippen LogP contribution is 2.10. The van der Waals surface area contributed by atoms with E-state index in [-0.39, 0.29) is 6.61 Å². The minimum absolute atomic E-state index is 0.205. The summed E-state index contributed by atoms with van der Waals surface area (Å²) >= 11 is 5.74. The Morgan fingerprint density at radius 3 is 2.65 bits per heavy atom. The molecule has 1 aromatic rings. The Labute approximate surface area is 106 Å². The predicted octanol–water partition coefficient (Wildman–Crippen LogP) is 1.75. The first-order chi connectivity index (χ1) is 8.13. The average Bonchev–Trinajstić information content (AvgIpc) is 2.34. The van der Waals surface area contributed by atoms with Gasteiger partial charge in [0.1, 0.15) is 12.6 Å². The molecule has 0 fully saturated rings. The molecule has 0 aliphatic carbocycles. The largest absolute Gasteiger partial charge is 0.460 e. The predicted molar refractivity (Wildman–Crippen MR) is 65.7 cm³/mol. The molecule has 94 valence electrons. The van der Waals surface area contributed by atoms with Gasteiger partial charge in [-0.25, -0.2) is 0 Å². The SMILES string of the molecule is COCCC(N)C(=O)OCc1ccc(Cl)cc1. The zero-order chi connectivity index (χ0) is 12.7. The van der Waals surface area contributed by atoms with Crippen LogP contribution in [-0.4, -0.2) is 25.7 Å². The summed E-state index contributed by atoms with van der Waals surface area (Å²) in [4.78, 5) is 11.5. The molecule has 1 rings (SSSR count). The van der Waals surface area contributed by atoms with Gasteiger partial charge in [-0.1, -0.05) is 23.7 Å². The van der Waals surface area contributed by atoms with Gasteiger partial charge in [-0.2, -0.15) is 0 Å². The number of methoxy groups -OCH3 is 1. The van der Waals surface area contributed by atoms with Crippen LogP contribution in [0.2, 0.25) is 5.02 Å². The van der Waals surface area contributed by atoms with Crippen LogP contribution < -0.4 is 5.73 Å². The Kier molecular flexibility index (Phi) is 5.97. The molecule has 0 radical (unpaired) electrons. The van der Waals surface area contributed by atoms with Crippen molar-refractivity contribution in [2.24, 2.45) is 5.73 Å². The number of esters is 1. The fourth-order valence-electron chi connectivity index (χ4n) is 1.20. The highest BCUT2D eigenvalue weighted by Gasteiger charge is 2.14. The van der Waals surface area contributed by atoms with E-state index >= 15 is 0 Å². The molecular weight excluding hydrogens is 242 g/mol. The van der Waals surface area contributed by atoms with Crippen molar-refractivity contribution in [1.82, 2.24) is 0 Å². The van der Waals surface area contributed by atoms with E-state index in [9.17, 15) is 4.79 Å². The summed E-state index contributed by atoms with van der Waals surface area (Å²) in [6.45, 7) is 0.647. The molecule has 0 heterocycles. The summed E-state index contributed by atoms with van der Waals surface area (Å²) in [5, 5.41) is 0.650. The molecule has 0 aliphatic rings. The topological polar surface area (TPSA) is 61.5 Å². The van der Waals surface area contributed by atoms with Crippen molar-refractivity contribution in [3.8, 4) is 0 Å². The van der Waals surface area contributed by atoms with E-state index in [0.29, 0.717) is 18.1 Å². The van der Waals surface area contributed by atoms with Crippen molar-refractivity contribution >= 4 is 17.6 Å². The molecule has 1 unspecified atom stereocenters. The zero-order valence-corrected chi connectivity index (χ0v) is 10.4. The first kappa shape index (κ1) is 14.0. The lowest BCUT2D eigenvalue weighted by molar-refractivity contribution is -0.147. The molecular formula is C12H16ClNO3. The van der Waals surface area contributed by atoms with Crippen molar-refractivity contribution < 1.29 is 14.3 Å². The van der Waals surface area contributed by atoms with Crippen LogP contribution in [0.1, 0.15) is 12.0 Å². The molecule has 1 aromatic carbocycles. The Morgan fingerprint density at radius 2 is 2.06 bits per heavy atom. The van der Waals surface area contributed by atoms with E-state index in [4.69, 9.17) is 26.8 Å². The highest BCUT2D eigenvalue weighted by atomic mass is 35.5. The Morgan fingerprint density at radius 1 is 1.41 bits per heavy atom. The third-order valence-corrected chi connectivity index (χ3v) is 2.48. The first-order valence-electron chi connectivity index (χ1n) is 5.29. The van der Waals surface area contributed by atoms with Crippen molar-refractivity contribution in [3.63, 3.8) is 0 Å². The summed E-state index contributed by atoms with van der Waals surface area (Å²) in [5.74, 6) is -0.419. The maximum absolute atomic E-state index is 11.5. The molecule has 0 saturated carbocycles. The van der Waals surface area contributed by atoms with Gasteiger partial charge in [0.2, 0.25) is 0 Å². The smallest absolute Gasteiger partial charge is 0.323 e. The van der Waals surface area contributed by atoms with Gasteiger partial charge in [0.25, 0.3) is 0 Å². The Balaban J connectivity index is 2.34. The van der Waals surface area contributed by atoms with Crippen molar-refractivity contribution in [3.05, 3.63) is 34.9 Å². The standard InChI is InChI=1S/C12H16ClNO3/c1-16-7-6-11(14)12(15)17-8-9-2-4-10(13)5-3-9/h2-5,11H,6-8,14H2,1H3. The van der Waals surface area contributed by atoms with Crippen LogP contribution >= 0.6 is 11.6 Å². The van der Waals surface area contributed by atoms with Gasteiger partial charge in [0.05, 0.1) is 0 Å². The van der Waals surface area contributed by atoms with Crippen LogP contribution in [-0.2, 0) is 20.9 Å². The number of hydrogen-bond donors (Lipinski definition) is 1. The Bertz CT molecular complexity index is 353. The molecule has 0 bridgehead atoms. The van der Waals surface area contributed by atoms with Crippen LogP contribution in [0.3, 0.4) is 0 Å². The van der Waals surface area contributed by atoms with Crippen LogP contribution in [0.4, 0.5) is 0 Å². The van der Waals surface area contributed by atoms with Gasteiger partial charge in [0, 0.05) is 18.7 Å². The molecule has 0 aliphatic heterocycles. The van der Waals surface area contributed by atoms with Crippen molar-refractivity contribution in [2.45, 2.75) is 19.1 Å². The third-order valence-electron chi connectivity index (χ3n) is 2.23. The average molecular weight is 258 g/mol. The minimum Gasteiger partial charge on any atom is -0.460 e. The molecule has 0 amide bonds.